The van der Waals surface area contributed by atoms with Gasteiger partial charge in [0.15, 0.2) is 13.2 Å². The molecule has 0 atom stereocenters. The summed E-state index contributed by atoms with van der Waals surface area (Å²) < 4.78 is 37.7. The van der Waals surface area contributed by atoms with Crippen molar-refractivity contribution in [1.29, 1.82) is 0 Å². The lowest BCUT2D eigenvalue weighted by Crippen LogP contribution is -2.23. The van der Waals surface area contributed by atoms with Crippen LogP contribution in [-0.4, -0.2) is 35.9 Å². The zero-order valence-corrected chi connectivity index (χ0v) is 17.8. The molecule has 0 fully saturated rings. The first-order valence-corrected chi connectivity index (χ1v) is 9.91. The molecular formula is C23H17F2N3O7. The standard InChI is InChI=1S/C23H17F2N3O7/c24-16-6-2-3-7-18(16)26-21(29)12-34-20-8-4-1-5-15(20)23(31)35-13-22(30)27-19-11-14(28(32)33)9-10-17(19)25/h1-11H,12-13H2,(H,26,29)(H,27,30). The highest BCUT2D eigenvalue weighted by atomic mass is 19.1. The molecule has 35 heavy (non-hydrogen) atoms. The lowest BCUT2D eigenvalue weighted by molar-refractivity contribution is -0.384. The first kappa shape index (κ1) is 24.8. The van der Waals surface area contributed by atoms with E-state index in [1.807, 2.05) is 0 Å². The van der Waals surface area contributed by atoms with Crippen LogP contribution in [0.1, 0.15) is 10.4 Å². The summed E-state index contributed by atoms with van der Waals surface area (Å²) in [7, 11) is 0. The maximum absolute atomic E-state index is 13.8. The van der Waals surface area contributed by atoms with Gasteiger partial charge >= 0.3 is 5.97 Å². The number of hydrogen-bond donors (Lipinski definition) is 2. The number of nitrogens with one attached hydrogen (secondary N) is 2. The molecule has 180 valence electrons. The van der Waals surface area contributed by atoms with Gasteiger partial charge < -0.3 is 20.1 Å². The minimum Gasteiger partial charge on any atom is -0.483 e. The summed E-state index contributed by atoms with van der Waals surface area (Å²) >= 11 is 0. The quantitative estimate of drug-likeness (QED) is 0.268. The minimum atomic E-state index is -0.982. The van der Waals surface area contributed by atoms with Crippen LogP contribution in [0.25, 0.3) is 0 Å². The Balaban J connectivity index is 1.57. The van der Waals surface area contributed by atoms with Crippen molar-refractivity contribution in [2.45, 2.75) is 0 Å². The van der Waals surface area contributed by atoms with Crippen LogP contribution in [0.4, 0.5) is 25.8 Å². The van der Waals surface area contributed by atoms with E-state index in [4.69, 9.17) is 9.47 Å². The summed E-state index contributed by atoms with van der Waals surface area (Å²) in [5.41, 5.74) is -1.05. The van der Waals surface area contributed by atoms with Gasteiger partial charge in [0.05, 0.1) is 16.3 Å². The Labute approximate surface area is 196 Å². The van der Waals surface area contributed by atoms with Gasteiger partial charge in [-0.1, -0.05) is 24.3 Å². The molecule has 0 bridgehead atoms. The fourth-order valence-corrected chi connectivity index (χ4v) is 2.77. The van der Waals surface area contributed by atoms with Gasteiger partial charge in [0.1, 0.15) is 22.9 Å². The van der Waals surface area contributed by atoms with Gasteiger partial charge in [0.2, 0.25) is 0 Å². The van der Waals surface area contributed by atoms with Gasteiger partial charge in [0, 0.05) is 12.1 Å². The molecule has 2 N–H and O–H groups in total. The van der Waals surface area contributed by atoms with Crippen molar-refractivity contribution in [3.05, 3.63) is 94.0 Å². The van der Waals surface area contributed by atoms with Crippen molar-refractivity contribution in [1.82, 2.24) is 0 Å². The van der Waals surface area contributed by atoms with E-state index in [-0.39, 0.29) is 17.0 Å². The molecule has 0 radical (unpaired) electrons. The first-order chi connectivity index (χ1) is 16.7. The third-order valence-electron chi connectivity index (χ3n) is 4.38. The predicted octanol–water partition coefficient (Wildman–Crippen LogP) is 3.69. The summed E-state index contributed by atoms with van der Waals surface area (Å²) in [5, 5.41) is 15.2. The monoisotopic (exact) mass is 485 g/mol. The number of nitro benzene ring substituents is 1. The molecule has 2 amide bonds. The number of non-ortho nitro benzene ring substituents is 1. The number of para-hydroxylation sites is 2. The van der Waals surface area contributed by atoms with Crippen LogP contribution in [0.15, 0.2) is 66.7 Å². The van der Waals surface area contributed by atoms with Crippen molar-refractivity contribution < 1.29 is 37.6 Å². The third-order valence-corrected chi connectivity index (χ3v) is 4.38. The number of carbonyl (C=O) groups excluding carboxylic acids is 3. The molecule has 3 rings (SSSR count). The number of amides is 2. The smallest absolute Gasteiger partial charge is 0.342 e. The SMILES string of the molecule is O=C(COC(=O)c1ccccc1OCC(=O)Nc1ccccc1F)Nc1cc([N+](=O)[O-])ccc1F. The molecule has 0 spiro atoms. The second kappa shape index (κ2) is 11.3. The van der Waals surface area contributed by atoms with Crippen LogP contribution in [0.2, 0.25) is 0 Å². The van der Waals surface area contributed by atoms with E-state index in [9.17, 15) is 33.3 Å². The Hall–Kier alpha value is -4.87. The fourth-order valence-electron chi connectivity index (χ4n) is 2.77. The van der Waals surface area contributed by atoms with Crippen molar-refractivity contribution in [2.75, 3.05) is 23.8 Å². The molecule has 0 aliphatic carbocycles. The molecule has 0 saturated heterocycles. The highest BCUT2D eigenvalue weighted by Crippen LogP contribution is 2.22. The number of esters is 1. The maximum Gasteiger partial charge on any atom is 0.342 e. The second-order valence-corrected chi connectivity index (χ2v) is 6.86. The van der Waals surface area contributed by atoms with Crippen LogP contribution < -0.4 is 15.4 Å². The lowest BCUT2D eigenvalue weighted by Gasteiger charge is -2.12. The number of hydrogen-bond acceptors (Lipinski definition) is 7. The van der Waals surface area contributed by atoms with E-state index in [1.165, 1.54) is 48.5 Å². The Morgan fingerprint density at radius 2 is 1.46 bits per heavy atom. The van der Waals surface area contributed by atoms with Gasteiger partial charge in [-0.2, -0.15) is 0 Å². The van der Waals surface area contributed by atoms with E-state index in [0.29, 0.717) is 0 Å². The number of rotatable bonds is 9. The number of nitro groups is 1. The number of carbonyl (C=O) groups is 3. The topological polar surface area (TPSA) is 137 Å². The molecular weight excluding hydrogens is 468 g/mol. The number of benzene rings is 3. The predicted molar refractivity (Wildman–Crippen MR) is 119 cm³/mol. The average Bonchev–Trinajstić information content (AvgIpc) is 2.84. The first-order valence-electron chi connectivity index (χ1n) is 9.91. The number of anilines is 2. The molecule has 10 nitrogen and oxygen atoms in total. The van der Waals surface area contributed by atoms with E-state index in [0.717, 1.165) is 18.2 Å². The van der Waals surface area contributed by atoms with Crippen LogP contribution >= 0.6 is 0 Å². The van der Waals surface area contributed by atoms with Gasteiger partial charge in [-0.3, -0.25) is 19.7 Å². The fraction of sp³-hybridized carbons (Fsp3) is 0.0870. The minimum absolute atomic E-state index is 0.0358. The summed E-state index contributed by atoms with van der Waals surface area (Å²) in [5.74, 6) is -4.19. The Morgan fingerprint density at radius 1 is 0.829 bits per heavy atom. The van der Waals surface area contributed by atoms with Gasteiger partial charge in [-0.25, -0.2) is 13.6 Å². The Bertz CT molecular complexity index is 1280. The Morgan fingerprint density at radius 3 is 2.20 bits per heavy atom. The number of nitrogens with zero attached hydrogens (tertiary/aromatic N) is 1. The van der Waals surface area contributed by atoms with Crippen molar-refractivity contribution in [3.8, 4) is 5.75 Å². The molecule has 3 aromatic rings. The molecule has 0 heterocycles. The Kier molecular flexibility index (Phi) is 8.01. The lowest BCUT2D eigenvalue weighted by atomic mass is 10.2. The molecule has 0 aliphatic heterocycles. The average molecular weight is 485 g/mol. The van der Waals surface area contributed by atoms with Gasteiger partial charge in [0.25, 0.3) is 17.5 Å². The third kappa shape index (κ3) is 6.81. The molecule has 0 unspecified atom stereocenters. The van der Waals surface area contributed by atoms with E-state index < -0.39 is 58.9 Å². The molecule has 0 aromatic heterocycles. The summed E-state index contributed by atoms with van der Waals surface area (Å²) in [6, 6.07) is 13.8. The van der Waals surface area contributed by atoms with E-state index in [2.05, 4.69) is 10.6 Å². The molecule has 12 heteroatoms. The largest absolute Gasteiger partial charge is 0.483 e. The summed E-state index contributed by atoms with van der Waals surface area (Å²) in [6.07, 6.45) is 0. The van der Waals surface area contributed by atoms with Crippen LogP contribution in [0, 0.1) is 21.7 Å². The zero-order chi connectivity index (χ0) is 25.4. The number of ether oxygens (including phenoxy) is 2. The summed E-state index contributed by atoms with van der Waals surface area (Å²) in [4.78, 5) is 46.6. The zero-order valence-electron chi connectivity index (χ0n) is 17.8. The molecule has 0 aliphatic rings. The van der Waals surface area contributed by atoms with E-state index in [1.54, 1.807) is 0 Å². The highest BCUT2D eigenvalue weighted by Gasteiger charge is 2.18. The number of halogens is 2. The maximum atomic E-state index is 13.8. The highest BCUT2D eigenvalue weighted by molar-refractivity contribution is 5.97. The summed E-state index contributed by atoms with van der Waals surface area (Å²) in [6.45, 7) is -1.38. The van der Waals surface area contributed by atoms with Crippen LogP contribution in [0.3, 0.4) is 0 Å². The normalized spacial score (nSPS) is 10.2. The molecule has 0 saturated carbocycles. The van der Waals surface area contributed by atoms with Gasteiger partial charge in [-0.15, -0.1) is 0 Å². The van der Waals surface area contributed by atoms with Crippen LogP contribution in [0.5, 0.6) is 5.75 Å². The van der Waals surface area contributed by atoms with Crippen molar-refractivity contribution >= 4 is 34.8 Å². The van der Waals surface area contributed by atoms with Crippen molar-refractivity contribution in [2.24, 2.45) is 0 Å². The van der Waals surface area contributed by atoms with Gasteiger partial charge in [-0.05, 0) is 30.3 Å². The van der Waals surface area contributed by atoms with E-state index >= 15 is 0 Å². The van der Waals surface area contributed by atoms with Crippen LogP contribution in [-0.2, 0) is 14.3 Å². The molecule has 3 aromatic carbocycles. The second-order valence-electron chi connectivity index (χ2n) is 6.86. The van der Waals surface area contributed by atoms with Crippen molar-refractivity contribution in [3.63, 3.8) is 0 Å².